The van der Waals surface area contributed by atoms with E-state index < -0.39 is 0 Å². The molecule has 0 amide bonds. The monoisotopic (exact) mass is 322 g/mol. The molecule has 132 valence electrons. The van der Waals surface area contributed by atoms with Crippen molar-refractivity contribution >= 4 is 5.78 Å². The number of carbonyl (C=O) groups excluding carboxylic acids is 1. The Kier molecular flexibility index (Phi) is 12.8. The molecule has 1 heterocycles. The van der Waals surface area contributed by atoms with E-state index in [1.165, 1.54) is 6.42 Å². The third kappa shape index (κ3) is 12.2. The quantitative estimate of drug-likeness (QED) is 0.319. The molecule has 0 aromatic heterocycles. The minimum absolute atomic E-state index is 0.0292. The fourth-order valence-electron chi connectivity index (χ4n) is 2.55. The Balaban J connectivity index is 1.84. The number of ketones is 1. The van der Waals surface area contributed by atoms with Crippen LogP contribution in [0.4, 0.5) is 0 Å². The van der Waals surface area contributed by atoms with Gasteiger partial charge in [0, 0.05) is 32.5 Å². The third-order valence-corrected chi connectivity index (χ3v) is 3.96. The van der Waals surface area contributed by atoms with E-state index >= 15 is 0 Å². The van der Waals surface area contributed by atoms with Crippen molar-refractivity contribution in [2.24, 2.45) is 0 Å². The highest BCUT2D eigenvalue weighted by Crippen LogP contribution is 2.14. The number of rotatable bonds is 14. The first-order valence-electron chi connectivity index (χ1n) is 9.39. The van der Waals surface area contributed by atoms with E-state index in [1.54, 1.807) is 0 Å². The van der Waals surface area contributed by atoms with Gasteiger partial charge in [-0.15, -0.1) is 0 Å². The number of hydrogen-bond donors (Lipinski definition) is 0. The minimum Gasteiger partial charge on any atom is -0.353 e. The van der Waals surface area contributed by atoms with E-state index in [-0.39, 0.29) is 6.29 Å². The van der Waals surface area contributed by atoms with Crippen molar-refractivity contribution in [2.75, 3.05) is 13.2 Å². The van der Waals surface area contributed by atoms with Crippen LogP contribution in [-0.4, -0.2) is 25.3 Å². The molecule has 0 aromatic rings. The van der Waals surface area contributed by atoms with Crippen LogP contribution in [-0.2, 0) is 14.3 Å². The molecular weight excluding hydrogens is 288 g/mol. The molecule has 0 N–H and O–H groups in total. The van der Waals surface area contributed by atoms with E-state index in [9.17, 15) is 4.79 Å². The zero-order valence-electron chi connectivity index (χ0n) is 14.8. The second kappa shape index (κ2) is 14.6. The fraction of sp³-hybridized carbons (Fsp3) is 0.750. The van der Waals surface area contributed by atoms with Crippen molar-refractivity contribution in [1.29, 1.82) is 0 Å². The molecule has 0 aliphatic carbocycles. The van der Waals surface area contributed by atoms with Crippen LogP contribution >= 0.6 is 0 Å². The second-order valence-electron chi connectivity index (χ2n) is 6.20. The Morgan fingerprint density at radius 3 is 2.61 bits per heavy atom. The lowest BCUT2D eigenvalue weighted by atomic mass is 10.1. The van der Waals surface area contributed by atoms with Crippen molar-refractivity contribution in [1.82, 2.24) is 0 Å². The summed E-state index contributed by atoms with van der Waals surface area (Å²) in [6.45, 7) is 3.77. The topological polar surface area (TPSA) is 35.5 Å². The van der Waals surface area contributed by atoms with Gasteiger partial charge in [-0.3, -0.25) is 4.79 Å². The van der Waals surface area contributed by atoms with Gasteiger partial charge >= 0.3 is 0 Å². The average molecular weight is 322 g/mol. The van der Waals surface area contributed by atoms with Crippen molar-refractivity contribution in [2.45, 2.75) is 83.8 Å². The highest BCUT2D eigenvalue weighted by Gasteiger charge is 2.14. The SMILES string of the molecule is CCC/C=C\C=C\CCCC(=O)CCCCCOC1CCCO1. The molecule has 0 spiro atoms. The molecule has 0 bridgehead atoms. The first-order chi connectivity index (χ1) is 11.3. The molecule has 0 aromatic carbocycles. The number of unbranched alkanes of at least 4 members (excludes halogenated alkanes) is 4. The predicted molar refractivity (Wildman–Crippen MR) is 95.4 cm³/mol. The number of carbonyl (C=O) groups is 1. The standard InChI is InChI=1S/C20H34O3/c1-2-3-4-5-6-7-8-10-14-19(21)15-11-9-12-17-22-20-16-13-18-23-20/h4-7,20H,2-3,8-18H2,1H3/b5-4-,7-6+. The molecule has 0 radical (unpaired) electrons. The number of hydrogen-bond acceptors (Lipinski definition) is 3. The Morgan fingerprint density at radius 1 is 1.09 bits per heavy atom. The Morgan fingerprint density at radius 2 is 1.87 bits per heavy atom. The van der Waals surface area contributed by atoms with Crippen LogP contribution in [0.25, 0.3) is 0 Å². The van der Waals surface area contributed by atoms with Gasteiger partial charge in [-0.1, -0.05) is 44.1 Å². The largest absolute Gasteiger partial charge is 0.353 e. The minimum atomic E-state index is 0.0292. The molecule has 3 heteroatoms. The van der Waals surface area contributed by atoms with Gasteiger partial charge in [-0.25, -0.2) is 0 Å². The summed E-state index contributed by atoms with van der Waals surface area (Å²) < 4.78 is 11.0. The molecule has 1 rings (SSSR count). The van der Waals surface area contributed by atoms with Crippen molar-refractivity contribution in [3.05, 3.63) is 24.3 Å². The highest BCUT2D eigenvalue weighted by atomic mass is 16.7. The summed E-state index contributed by atoms with van der Waals surface area (Å²) in [6, 6.07) is 0. The van der Waals surface area contributed by atoms with Gasteiger partial charge in [0.25, 0.3) is 0 Å². The molecule has 23 heavy (non-hydrogen) atoms. The van der Waals surface area contributed by atoms with E-state index in [0.717, 1.165) is 77.4 Å². The van der Waals surface area contributed by atoms with Crippen LogP contribution in [0, 0.1) is 0 Å². The summed E-state index contributed by atoms with van der Waals surface area (Å²) in [5.74, 6) is 0.403. The molecule has 1 saturated heterocycles. The third-order valence-electron chi connectivity index (χ3n) is 3.96. The second-order valence-corrected chi connectivity index (χ2v) is 6.20. The van der Waals surface area contributed by atoms with Crippen molar-refractivity contribution < 1.29 is 14.3 Å². The summed E-state index contributed by atoms with van der Waals surface area (Å²) in [4.78, 5) is 11.8. The Bertz CT molecular complexity index is 341. The predicted octanol–water partition coefficient (Wildman–Crippen LogP) is 5.35. The van der Waals surface area contributed by atoms with Gasteiger partial charge in [-0.05, 0) is 38.5 Å². The van der Waals surface area contributed by atoms with Gasteiger partial charge in [0.1, 0.15) is 5.78 Å². The van der Waals surface area contributed by atoms with Crippen LogP contribution in [0.2, 0.25) is 0 Å². The maximum absolute atomic E-state index is 11.8. The zero-order valence-corrected chi connectivity index (χ0v) is 14.8. The van der Waals surface area contributed by atoms with Crippen LogP contribution < -0.4 is 0 Å². The van der Waals surface area contributed by atoms with Gasteiger partial charge < -0.3 is 9.47 Å². The molecular formula is C20H34O3. The van der Waals surface area contributed by atoms with Crippen LogP contribution in [0.15, 0.2) is 24.3 Å². The first kappa shape index (κ1) is 20.1. The molecule has 0 saturated carbocycles. The Labute approximate surface area is 142 Å². The lowest BCUT2D eigenvalue weighted by Gasteiger charge is -2.10. The maximum Gasteiger partial charge on any atom is 0.157 e. The van der Waals surface area contributed by atoms with Crippen molar-refractivity contribution in [3.8, 4) is 0 Å². The van der Waals surface area contributed by atoms with E-state index in [2.05, 4.69) is 31.2 Å². The lowest BCUT2D eigenvalue weighted by Crippen LogP contribution is -2.11. The summed E-state index contributed by atoms with van der Waals surface area (Å²) in [6.07, 6.45) is 19.5. The van der Waals surface area contributed by atoms with Gasteiger partial charge in [0.15, 0.2) is 6.29 Å². The normalized spacial score (nSPS) is 18.4. The molecule has 1 fully saturated rings. The van der Waals surface area contributed by atoms with E-state index in [1.807, 2.05) is 0 Å². The number of ether oxygens (including phenoxy) is 2. The molecule has 1 aliphatic heterocycles. The summed E-state index contributed by atoms with van der Waals surface area (Å²) in [7, 11) is 0. The summed E-state index contributed by atoms with van der Waals surface area (Å²) >= 11 is 0. The number of allylic oxidation sites excluding steroid dienone is 4. The maximum atomic E-state index is 11.8. The van der Waals surface area contributed by atoms with E-state index in [4.69, 9.17) is 9.47 Å². The molecule has 1 unspecified atom stereocenters. The fourth-order valence-corrected chi connectivity index (χ4v) is 2.55. The highest BCUT2D eigenvalue weighted by molar-refractivity contribution is 5.78. The molecule has 3 nitrogen and oxygen atoms in total. The van der Waals surface area contributed by atoms with E-state index in [0.29, 0.717) is 5.78 Å². The van der Waals surface area contributed by atoms with Gasteiger partial charge in [0.05, 0.1) is 0 Å². The van der Waals surface area contributed by atoms with Crippen LogP contribution in [0.3, 0.4) is 0 Å². The smallest absolute Gasteiger partial charge is 0.157 e. The summed E-state index contributed by atoms with van der Waals surface area (Å²) in [5.41, 5.74) is 0. The first-order valence-corrected chi connectivity index (χ1v) is 9.39. The van der Waals surface area contributed by atoms with Gasteiger partial charge in [0.2, 0.25) is 0 Å². The molecule has 1 atom stereocenters. The van der Waals surface area contributed by atoms with Crippen LogP contribution in [0.1, 0.15) is 77.6 Å². The average Bonchev–Trinajstić information content (AvgIpc) is 3.06. The Hall–Kier alpha value is -0.930. The van der Waals surface area contributed by atoms with Crippen molar-refractivity contribution in [3.63, 3.8) is 0 Å². The summed E-state index contributed by atoms with van der Waals surface area (Å²) in [5, 5.41) is 0. The number of Topliss-reactive ketones (excluding diaryl/α,β-unsaturated/α-hetero) is 1. The zero-order chi connectivity index (χ0) is 16.6. The molecule has 1 aliphatic rings. The lowest BCUT2D eigenvalue weighted by molar-refractivity contribution is -0.119. The van der Waals surface area contributed by atoms with Crippen LogP contribution in [0.5, 0.6) is 0 Å². The van der Waals surface area contributed by atoms with Gasteiger partial charge in [-0.2, -0.15) is 0 Å².